The van der Waals surface area contributed by atoms with Gasteiger partial charge in [0.15, 0.2) is 11.5 Å². The molecule has 2 amide bonds. The summed E-state index contributed by atoms with van der Waals surface area (Å²) in [5.74, 6) is 0.00661. The predicted octanol–water partition coefficient (Wildman–Crippen LogP) is 5.64. The van der Waals surface area contributed by atoms with Gasteiger partial charge in [0.2, 0.25) is 0 Å². The third kappa shape index (κ3) is 7.79. The molecule has 0 aromatic heterocycles. The topological polar surface area (TPSA) is 115 Å². The minimum Gasteiger partial charge on any atom is -0.497 e. The zero-order valence-corrected chi connectivity index (χ0v) is 22.8. The summed E-state index contributed by atoms with van der Waals surface area (Å²) < 4.78 is 16.3. The van der Waals surface area contributed by atoms with Crippen molar-refractivity contribution in [2.24, 2.45) is 5.10 Å². The SMILES string of the molecule is CCOc1cc(C=NNC(=O)c2cccc(NC(=O)c3ccc(OC)cc3)c2)ccc1OC(=O)c1cccc(C)c1. The van der Waals surface area contributed by atoms with E-state index in [9.17, 15) is 14.4 Å². The molecule has 0 atom stereocenters. The summed E-state index contributed by atoms with van der Waals surface area (Å²) in [4.78, 5) is 37.8. The van der Waals surface area contributed by atoms with Gasteiger partial charge in [-0.2, -0.15) is 5.10 Å². The van der Waals surface area contributed by atoms with Crippen molar-refractivity contribution in [1.29, 1.82) is 0 Å². The molecule has 9 nitrogen and oxygen atoms in total. The molecule has 0 aliphatic rings. The van der Waals surface area contributed by atoms with Gasteiger partial charge in [0.1, 0.15) is 5.75 Å². The van der Waals surface area contributed by atoms with Gasteiger partial charge in [0.25, 0.3) is 11.8 Å². The quantitative estimate of drug-likeness (QED) is 0.114. The van der Waals surface area contributed by atoms with E-state index in [1.807, 2.05) is 19.9 Å². The second kappa shape index (κ2) is 13.6. The zero-order valence-electron chi connectivity index (χ0n) is 22.8. The van der Waals surface area contributed by atoms with Gasteiger partial charge in [-0.15, -0.1) is 0 Å². The normalized spacial score (nSPS) is 10.6. The molecule has 208 valence electrons. The number of carbonyl (C=O) groups excluding carboxylic acids is 3. The molecule has 0 saturated heterocycles. The molecule has 0 unspecified atom stereocenters. The number of hydrogen-bond acceptors (Lipinski definition) is 7. The van der Waals surface area contributed by atoms with Crippen molar-refractivity contribution < 1.29 is 28.6 Å². The summed E-state index contributed by atoms with van der Waals surface area (Å²) in [6.07, 6.45) is 1.45. The fourth-order valence-electron chi connectivity index (χ4n) is 3.80. The van der Waals surface area contributed by atoms with Gasteiger partial charge in [-0.05, 0) is 92.2 Å². The standard InChI is InChI=1S/C32H29N3O6/c1-4-40-29-18-22(11-16-28(29)41-32(38)25-9-5-7-21(2)17-25)20-33-35-31(37)24-8-6-10-26(19-24)34-30(36)23-12-14-27(39-3)15-13-23/h5-20H,4H2,1-3H3,(H,34,36)(H,35,37). The van der Waals surface area contributed by atoms with Crippen LogP contribution < -0.4 is 25.0 Å². The van der Waals surface area contributed by atoms with E-state index in [2.05, 4.69) is 15.8 Å². The first-order chi connectivity index (χ1) is 19.9. The van der Waals surface area contributed by atoms with E-state index in [4.69, 9.17) is 14.2 Å². The number of ether oxygens (including phenoxy) is 3. The molecule has 4 aromatic carbocycles. The Bertz CT molecular complexity index is 1580. The molecule has 9 heteroatoms. The van der Waals surface area contributed by atoms with Crippen LogP contribution in [0.5, 0.6) is 17.2 Å². The van der Waals surface area contributed by atoms with Crippen LogP contribution in [0.4, 0.5) is 5.69 Å². The Balaban J connectivity index is 1.39. The number of hydrazone groups is 1. The lowest BCUT2D eigenvalue weighted by molar-refractivity contribution is 0.0727. The summed E-state index contributed by atoms with van der Waals surface area (Å²) in [6.45, 7) is 4.08. The van der Waals surface area contributed by atoms with Crippen molar-refractivity contribution in [2.45, 2.75) is 13.8 Å². The summed E-state index contributed by atoms with van der Waals surface area (Å²) in [5, 5.41) is 6.81. The van der Waals surface area contributed by atoms with Gasteiger partial charge in [-0.25, -0.2) is 10.2 Å². The first kappa shape index (κ1) is 28.6. The van der Waals surface area contributed by atoms with Gasteiger partial charge in [0.05, 0.1) is 25.5 Å². The van der Waals surface area contributed by atoms with E-state index in [0.717, 1.165) is 5.56 Å². The van der Waals surface area contributed by atoms with Crippen LogP contribution in [0.15, 0.2) is 96.1 Å². The highest BCUT2D eigenvalue weighted by Gasteiger charge is 2.14. The number of rotatable bonds is 10. The molecule has 0 saturated carbocycles. The first-order valence-electron chi connectivity index (χ1n) is 12.8. The van der Waals surface area contributed by atoms with Crippen LogP contribution in [-0.4, -0.2) is 37.7 Å². The second-order valence-electron chi connectivity index (χ2n) is 8.86. The Kier molecular flexibility index (Phi) is 9.45. The van der Waals surface area contributed by atoms with E-state index in [1.54, 1.807) is 92.0 Å². The smallest absolute Gasteiger partial charge is 0.343 e. The van der Waals surface area contributed by atoms with Gasteiger partial charge in [0, 0.05) is 16.8 Å². The summed E-state index contributed by atoms with van der Waals surface area (Å²) >= 11 is 0. The van der Waals surface area contributed by atoms with Crippen molar-refractivity contribution in [3.05, 3.63) is 119 Å². The van der Waals surface area contributed by atoms with Crippen LogP contribution in [0.25, 0.3) is 0 Å². The molecule has 0 heterocycles. The first-order valence-corrected chi connectivity index (χ1v) is 12.8. The van der Waals surface area contributed by atoms with E-state index >= 15 is 0 Å². The van der Waals surface area contributed by atoms with Crippen molar-refractivity contribution in [3.8, 4) is 17.2 Å². The van der Waals surface area contributed by atoms with Crippen molar-refractivity contribution >= 4 is 29.7 Å². The van der Waals surface area contributed by atoms with E-state index in [-0.39, 0.29) is 11.7 Å². The van der Waals surface area contributed by atoms with Crippen LogP contribution in [0.2, 0.25) is 0 Å². The molecule has 0 fully saturated rings. The number of carbonyl (C=O) groups is 3. The number of benzene rings is 4. The monoisotopic (exact) mass is 551 g/mol. The van der Waals surface area contributed by atoms with E-state index in [1.165, 1.54) is 6.21 Å². The highest BCUT2D eigenvalue weighted by Crippen LogP contribution is 2.29. The Morgan fingerprint density at radius 1 is 0.805 bits per heavy atom. The van der Waals surface area contributed by atoms with Gasteiger partial charge in [-0.1, -0.05) is 23.8 Å². The van der Waals surface area contributed by atoms with Gasteiger partial charge < -0.3 is 19.5 Å². The maximum absolute atomic E-state index is 12.7. The summed E-state index contributed by atoms with van der Waals surface area (Å²) in [5.41, 5.74) is 5.69. The molecule has 4 aromatic rings. The molecule has 0 bridgehead atoms. The van der Waals surface area contributed by atoms with Crippen LogP contribution >= 0.6 is 0 Å². The number of anilines is 1. The maximum atomic E-state index is 12.7. The molecule has 4 rings (SSSR count). The molecular weight excluding hydrogens is 522 g/mol. The van der Waals surface area contributed by atoms with Crippen LogP contribution in [-0.2, 0) is 0 Å². The van der Waals surface area contributed by atoms with E-state index in [0.29, 0.717) is 46.0 Å². The molecule has 0 aliphatic carbocycles. The molecule has 2 N–H and O–H groups in total. The number of aryl methyl sites for hydroxylation is 1. The van der Waals surface area contributed by atoms with E-state index < -0.39 is 11.9 Å². The van der Waals surface area contributed by atoms with Gasteiger partial charge >= 0.3 is 5.97 Å². The van der Waals surface area contributed by atoms with Crippen LogP contribution in [0.1, 0.15) is 49.1 Å². The minimum atomic E-state index is -0.495. The molecule has 0 spiro atoms. The molecular formula is C32H29N3O6. The zero-order chi connectivity index (χ0) is 29.2. The Hall–Kier alpha value is -5.44. The lowest BCUT2D eigenvalue weighted by atomic mass is 10.1. The highest BCUT2D eigenvalue weighted by atomic mass is 16.6. The number of nitrogens with zero attached hydrogens (tertiary/aromatic N) is 1. The lowest BCUT2D eigenvalue weighted by Crippen LogP contribution is -2.18. The maximum Gasteiger partial charge on any atom is 0.343 e. The summed E-state index contributed by atoms with van der Waals surface area (Å²) in [7, 11) is 1.55. The Morgan fingerprint density at radius 3 is 2.29 bits per heavy atom. The van der Waals surface area contributed by atoms with Gasteiger partial charge in [-0.3, -0.25) is 9.59 Å². The third-order valence-electron chi connectivity index (χ3n) is 5.84. The predicted molar refractivity (Wildman–Crippen MR) is 156 cm³/mol. The lowest BCUT2D eigenvalue weighted by Gasteiger charge is -2.11. The van der Waals surface area contributed by atoms with Crippen LogP contribution in [0.3, 0.4) is 0 Å². The van der Waals surface area contributed by atoms with Crippen molar-refractivity contribution in [2.75, 3.05) is 19.0 Å². The third-order valence-corrected chi connectivity index (χ3v) is 5.84. The van der Waals surface area contributed by atoms with Crippen molar-refractivity contribution in [1.82, 2.24) is 5.43 Å². The molecule has 0 aliphatic heterocycles. The number of hydrogen-bond donors (Lipinski definition) is 2. The Labute approximate surface area is 237 Å². The molecule has 41 heavy (non-hydrogen) atoms. The number of amides is 2. The largest absolute Gasteiger partial charge is 0.497 e. The average molecular weight is 552 g/mol. The number of esters is 1. The Morgan fingerprint density at radius 2 is 1.56 bits per heavy atom. The average Bonchev–Trinajstić information content (AvgIpc) is 2.98. The highest BCUT2D eigenvalue weighted by molar-refractivity contribution is 6.05. The second-order valence-corrected chi connectivity index (χ2v) is 8.86. The fraction of sp³-hybridized carbons (Fsp3) is 0.125. The number of nitrogens with one attached hydrogen (secondary N) is 2. The summed E-state index contributed by atoms with van der Waals surface area (Å²) in [6, 6.07) is 25.3. The molecule has 0 radical (unpaired) electrons. The number of methoxy groups -OCH3 is 1. The van der Waals surface area contributed by atoms with Crippen LogP contribution in [0, 0.1) is 6.92 Å². The fourth-order valence-corrected chi connectivity index (χ4v) is 3.80. The minimum absolute atomic E-state index is 0.271. The van der Waals surface area contributed by atoms with Crippen molar-refractivity contribution in [3.63, 3.8) is 0 Å².